The third-order valence-corrected chi connectivity index (χ3v) is 1.57. The fourth-order valence-electron chi connectivity index (χ4n) is 1.06. The first kappa shape index (κ1) is 7.76. The second-order valence-electron chi connectivity index (χ2n) is 2.51. The quantitative estimate of drug-likeness (QED) is 0.503. The van der Waals surface area contributed by atoms with Crippen LogP contribution in [-0.2, 0) is 11.3 Å². The Hall–Kier alpha value is -1.34. The molecule has 0 aromatic carbocycles. The third-order valence-electron chi connectivity index (χ3n) is 1.57. The topological polar surface area (TPSA) is 45.2 Å². The van der Waals surface area contributed by atoms with Gasteiger partial charge in [0, 0.05) is 11.4 Å². The zero-order valence-corrected chi connectivity index (χ0v) is 6.64. The van der Waals surface area contributed by atoms with Gasteiger partial charge in [0.2, 0.25) is 6.08 Å². The van der Waals surface area contributed by atoms with E-state index in [1.807, 2.05) is 19.9 Å². The molecule has 0 unspecified atom stereocenters. The SMILES string of the molecule is Cc1cc(CN=C=O)c(C)[nH]1. The van der Waals surface area contributed by atoms with Crippen LogP contribution < -0.4 is 0 Å². The predicted molar refractivity (Wildman–Crippen MR) is 42.1 cm³/mol. The lowest BCUT2D eigenvalue weighted by Crippen LogP contribution is -1.80. The summed E-state index contributed by atoms with van der Waals surface area (Å²) >= 11 is 0. The second-order valence-corrected chi connectivity index (χ2v) is 2.51. The van der Waals surface area contributed by atoms with Gasteiger partial charge >= 0.3 is 0 Å². The van der Waals surface area contributed by atoms with E-state index in [0.29, 0.717) is 6.54 Å². The van der Waals surface area contributed by atoms with Crippen LogP contribution in [0.3, 0.4) is 0 Å². The molecule has 0 amide bonds. The molecule has 0 radical (unpaired) electrons. The van der Waals surface area contributed by atoms with Gasteiger partial charge in [-0.3, -0.25) is 0 Å². The zero-order valence-electron chi connectivity index (χ0n) is 6.64. The van der Waals surface area contributed by atoms with Crippen molar-refractivity contribution in [2.45, 2.75) is 20.4 Å². The van der Waals surface area contributed by atoms with Crippen molar-refractivity contribution in [1.29, 1.82) is 0 Å². The summed E-state index contributed by atoms with van der Waals surface area (Å²) in [7, 11) is 0. The van der Waals surface area contributed by atoms with E-state index in [4.69, 9.17) is 0 Å². The van der Waals surface area contributed by atoms with Crippen molar-refractivity contribution < 1.29 is 4.79 Å². The molecule has 0 bridgehead atoms. The van der Waals surface area contributed by atoms with E-state index in [-0.39, 0.29) is 0 Å². The van der Waals surface area contributed by atoms with Gasteiger partial charge in [0.25, 0.3) is 0 Å². The van der Waals surface area contributed by atoms with Gasteiger partial charge in [-0.25, -0.2) is 9.79 Å². The highest BCUT2D eigenvalue weighted by atomic mass is 16.1. The largest absolute Gasteiger partial charge is 0.362 e. The van der Waals surface area contributed by atoms with Gasteiger partial charge in [-0.1, -0.05) is 0 Å². The van der Waals surface area contributed by atoms with Gasteiger partial charge in [0.15, 0.2) is 0 Å². The Kier molecular flexibility index (Phi) is 2.24. The fourth-order valence-corrected chi connectivity index (χ4v) is 1.06. The van der Waals surface area contributed by atoms with Gasteiger partial charge in [-0.2, -0.15) is 0 Å². The number of carbonyl (C=O) groups excluding carboxylic acids is 1. The van der Waals surface area contributed by atoms with Crippen molar-refractivity contribution in [3.63, 3.8) is 0 Å². The Bertz CT molecular complexity index is 295. The number of aromatic nitrogens is 1. The van der Waals surface area contributed by atoms with Gasteiger partial charge in [0.1, 0.15) is 0 Å². The monoisotopic (exact) mass is 150 g/mol. The lowest BCUT2D eigenvalue weighted by molar-refractivity contribution is 0.563. The second kappa shape index (κ2) is 3.17. The van der Waals surface area contributed by atoms with Gasteiger partial charge < -0.3 is 4.98 Å². The summed E-state index contributed by atoms with van der Waals surface area (Å²) in [5.41, 5.74) is 3.23. The van der Waals surface area contributed by atoms with E-state index in [1.165, 1.54) is 6.08 Å². The molecule has 0 aliphatic rings. The van der Waals surface area contributed by atoms with Crippen molar-refractivity contribution in [2.24, 2.45) is 4.99 Å². The highest BCUT2D eigenvalue weighted by Gasteiger charge is 1.99. The molecule has 0 saturated carbocycles. The van der Waals surface area contributed by atoms with Gasteiger partial charge in [0.05, 0.1) is 6.54 Å². The number of aromatic amines is 1. The van der Waals surface area contributed by atoms with E-state index in [2.05, 4.69) is 9.98 Å². The maximum Gasteiger partial charge on any atom is 0.235 e. The minimum atomic E-state index is 0.430. The fraction of sp³-hybridized carbons (Fsp3) is 0.375. The number of rotatable bonds is 2. The summed E-state index contributed by atoms with van der Waals surface area (Å²) in [6.45, 7) is 4.36. The number of H-pyrrole nitrogens is 1. The molecule has 58 valence electrons. The van der Waals surface area contributed by atoms with Crippen LogP contribution in [0, 0.1) is 13.8 Å². The lowest BCUT2D eigenvalue weighted by atomic mass is 10.2. The van der Waals surface area contributed by atoms with Crippen molar-refractivity contribution in [2.75, 3.05) is 0 Å². The van der Waals surface area contributed by atoms with Crippen LogP contribution in [-0.4, -0.2) is 11.1 Å². The average molecular weight is 150 g/mol. The van der Waals surface area contributed by atoms with E-state index < -0.39 is 0 Å². The number of nitrogens with zero attached hydrogens (tertiary/aromatic N) is 1. The highest BCUT2D eigenvalue weighted by Crippen LogP contribution is 2.09. The number of aryl methyl sites for hydroxylation is 2. The number of hydrogen-bond acceptors (Lipinski definition) is 2. The molecule has 1 aromatic heterocycles. The minimum Gasteiger partial charge on any atom is -0.362 e. The molecule has 1 heterocycles. The lowest BCUT2D eigenvalue weighted by Gasteiger charge is -1.88. The molecule has 1 aromatic rings. The van der Waals surface area contributed by atoms with Crippen LogP contribution in [0.25, 0.3) is 0 Å². The summed E-state index contributed by atoms with van der Waals surface area (Å²) in [5.74, 6) is 0. The molecule has 1 rings (SSSR count). The summed E-state index contributed by atoms with van der Waals surface area (Å²) in [4.78, 5) is 16.4. The maximum atomic E-state index is 9.79. The summed E-state index contributed by atoms with van der Waals surface area (Å²) in [6, 6.07) is 1.98. The Morgan fingerprint density at radius 2 is 2.36 bits per heavy atom. The Balaban J connectivity index is 2.85. The van der Waals surface area contributed by atoms with Gasteiger partial charge in [-0.15, -0.1) is 0 Å². The van der Waals surface area contributed by atoms with E-state index in [9.17, 15) is 4.79 Å². The van der Waals surface area contributed by atoms with Crippen molar-refractivity contribution in [1.82, 2.24) is 4.98 Å². The molecule has 0 fully saturated rings. The van der Waals surface area contributed by atoms with Crippen LogP contribution in [0.1, 0.15) is 17.0 Å². The Morgan fingerprint density at radius 3 is 2.82 bits per heavy atom. The summed E-state index contributed by atoms with van der Waals surface area (Å²) < 4.78 is 0. The zero-order chi connectivity index (χ0) is 8.27. The Morgan fingerprint density at radius 1 is 1.64 bits per heavy atom. The maximum absolute atomic E-state index is 9.79. The molecule has 3 heteroatoms. The predicted octanol–water partition coefficient (Wildman–Crippen LogP) is 1.47. The molecule has 3 nitrogen and oxygen atoms in total. The minimum absolute atomic E-state index is 0.430. The summed E-state index contributed by atoms with van der Waals surface area (Å²) in [5, 5.41) is 0. The number of aliphatic imine (C=N–C) groups is 1. The highest BCUT2D eigenvalue weighted by molar-refractivity contribution is 5.34. The van der Waals surface area contributed by atoms with Crippen LogP contribution in [0.4, 0.5) is 0 Å². The first-order valence-electron chi connectivity index (χ1n) is 3.42. The molecule has 0 atom stereocenters. The first-order valence-corrected chi connectivity index (χ1v) is 3.42. The molecule has 0 aliphatic carbocycles. The molecule has 0 saturated heterocycles. The standard InChI is InChI=1S/C8H10N2O/c1-6-3-8(4-9-5-11)7(2)10-6/h3,10H,4H2,1-2H3. The normalized spacial score (nSPS) is 9.27. The number of hydrogen-bond donors (Lipinski definition) is 1. The van der Waals surface area contributed by atoms with Crippen LogP contribution in [0.5, 0.6) is 0 Å². The van der Waals surface area contributed by atoms with Crippen LogP contribution in [0.2, 0.25) is 0 Å². The number of nitrogens with one attached hydrogen (secondary N) is 1. The molecule has 0 aliphatic heterocycles. The molecule has 0 spiro atoms. The summed E-state index contributed by atoms with van der Waals surface area (Å²) in [6.07, 6.45) is 1.51. The third kappa shape index (κ3) is 1.79. The van der Waals surface area contributed by atoms with Crippen LogP contribution >= 0.6 is 0 Å². The first-order chi connectivity index (χ1) is 5.24. The molecule has 1 N–H and O–H groups in total. The van der Waals surface area contributed by atoms with Crippen molar-refractivity contribution in [3.8, 4) is 0 Å². The van der Waals surface area contributed by atoms with E-state index in [0.717, 1.165) is 17.0 Å². The Labute approximate surface area is 65.2 Å². The number of isocyanates is 1. The molecular weight excluding hydrogens is 140 g/mol. The van der Waals surface area contributed by atoms with Crippen LogP contribution in [0.15, 0.2) is 11.1 Å². The smallest absolute Gasteiger partial charge is 0.235 e. The molecule has 11 heavy (non-hydrogen) atoms. The van der Waals surface area contributed by atoms with Crippen molar-refractivity contribution >= 4 is 6.08 Å². The van der Waals surface area contributed by atoms with Gasteiger partial charge in [-0.05, 0) is 25.5 Å². The van der Waals surface area contributed by atoms with E-state index in [1.54, 1.807) is 0 Å². The van der Waals surface area contributed by atoms with Crippen molar-refractivity contribution in [3.05, 3.63) is 23.0 Å². The van der Waals surface area contributed by atoms with E-state index >= 15 is 0 Å². The average Bonchev–Trinajstić information content (AvgIpc) is 2.26. The molecular formula is C8H10N2O.